The van der Waals surface area contributed by atoms with E-state index in [9.17, 15) is 4.79 Å². The first kappa shape index (κ1) is 8.89. The van der Waals surface area contributed by atoms with Crippen molar-refractivity contribution >= 4 is 5.78 Å². The molecule has 1 heterocycles. The SMILES string of the molecule is C=CCC1C2Cc3c(n[nH]c3C(C)=O)C12. The van der Waals surface area contributed by atoms with E-state index in [-0.39, 0.29) is 5.78 Å². The average molecular weight is 202 g/mol. The Morgan fingerprint density at radius 2 is 2.53 bits per heavy atom. The van der Waals surface area contributed by atoms with Crippen LogP contribution in [0.5, 0.6) is 0 Å². The molecular weight excluding hydrogens is 188 g/mol. The Balaban J connectivity index is 1.91. The fourth-order valence-electron chi connectivity index (χ4n) is 3.03. The molecule has 0 bridgehead atoms. The number of hydrogen-bond acceptors (Lipinski definition) is 2. The van der Waals surface area contributed by atoms with Gasteiger partial charge in [-0.25, -0.2) is 0 Å². The minimum Gasteiger partial charge on any atom is -0.293 e. The lowest BCUT2D eigenvalue weighted by Crippen LogP contribution is -1.99. The number of hydrogen-bond donors (Lipinski definition) is 1. The van der Waals surface area contributed by atoms with Gasteiger partial charge in [0.2, 0.25) is 0 Å². The summed E-state index contributed by atoms with van der Waals surface area (Å²) in [5.41, 5.74) is 3.06. The van der Waals surface area contributed by atoms with E-state index >= 15 is 0 Å². The molecule has 3 atom stereocenters. The van der Waals surface area contributed by atoms with Crippen molar-refractivity contribution in [3.63, 3.8) is 0 Å². The molecule has 0 amide bonds. The van der Waals surface area contributed by atoms with E-state index in [1.165, 1.54) is 5.56 Å². The molecule has 0 aromatic carbocycles. The standard InChI is InChI=1S/C12H14N2O/c1-3-4-7-8-5-9-11(6(2)15)13-14-12(9)10(7)8/h3,7-8,10H,1,4-5H2,2H3,(H,13,14). The molecule has 0 radical (unpaired) electrons. The van der Waals surface area contributed by atoms with E-state index in [0.29, 0.717) is 5.92 Å². The molecule has 3 nitrogen and oxygen atoms in total. The van der Waals surface area contributed by atoms with Crippen LogP contribution in [-0.2, 0) is 6.42 Å². The summed E-state index contributed by atoms with van der Waals surface area (Å²) in [5, 5.41) is 7.16. The van der Waals surface area contributed by atoms with E-state index in [4.69, 9.17) is 0 Å². The molecular formula is C12H14N2O. The predicted octanol–water partition coefficient (Wildman–Crippen LogP) is 2.07. The second kappa shape index (κ2) is 2.81. The lowest BCUT2D eigenvalue weighted by Gasteiger charge is -2.00. The molecule has 1 N–H and O–H groups in total. The van der Waals surface area contributed by atoms with Crippen molar-refractivity contribution in [2.75, 3.05) is 0 Å². The molecule has 15 heavy (non-hydrogen) atoms. The molecule has 1 saturated carbocycles. The second-order valence-corrected chi connectivity index (χ2v) is 4.60. The van der Waals surface area contributed by atoms with Crippen LogP contribution in [0.15, 0.2) is 12.7 Å². The van der Waals surface area contributed by atoms with Crippen LogP contribution in [0.2, 0.25) is 0 Å². The number of aromatic nitrogens is 2. The van der Waals surface area contributed by atoms with Gasteiger partial charge >= 0.3 is 0 Å². The number of Topliss-reactive ketones (excluding diaryl/α,β-unsaturated/α-hetero) is 1. The summed E-state index contributed by atoms with van der Waals surface area (Å²) in [6, 6.07) is 0. The average Bonchev–Trinajstić information content (AvgIpc) is 2.60. The minimum absolute atomic E-state index is 0.102. The van der Waals surface area contributed by atoms with Gasteiger partial charge in [-0.3, -0.25) is 9.89 Å². The Labute approximate surface area is 88.6 Å². The number of carbonyl (C=O) groups is 1. The summed E-state index contributed by atoms with van der Waals surface area (Å²) in [7, 11) is 0. The number of fused-ring (bicyclic) bond motifs is 3. The molecule has 0 saturated heterocycles. The van der Waals surface area contributed by atoms with Gasteiger partial charge in [0, 0.05) is 18.4 Å². The highest BCUT2D eigenvalue weighted by Gasteiger charge is 2.57. The zero-order chi connectivity index (χ0) is 10.6. The highest BCUT2D eigenvalue weighted by Crippen LogP contribution is 2.62. The lowest BCUT2D eigenvalue weighted by atomic mass is 10.0. The van der Waals surface area contributed by atoms with Crippen LogP contribution in [0.25, 0.3) is 0 Å². The number of carbonyl (C=O) groups excluding carboxylic acids is 1. The van der Waals surface area contributed by atoms with Crippen LogP contribution in [0.4, 0.5) is 0 Å². The van der Waals surface area contributed by atoms with Crippen molar-refractivity contribution < 1.29 is 4.79 Å². The van der Waals surface area contributed by atoms with Crippen molar-refractivity contribution in [2.24, 2.45) is 11.8 Å². The molecule has 78 valence electrons. The van der Waals surface area contributed by atoms with Gasteiger partial charge < -0.3 is 0 Å². The van der Waals surface area contributed by atoms with Crippen molar-refractivity contribution in [2.45, 2.75) is 25.7 Å². The number of rotatable bonds is 3. The Kier molecular flexibility index (Phi) is 1.67. The Bertz CT molecular complexity index is 446. The van der Waals surface area contributed by atoms with E-state index in [1.807, 2.05) is 6.08 Å². The zero-order valence-corrected chi connectivity index (χ0v) is 8.79. The Morgan fingerprint density at radius 3 is 3.20 bits per heavy atom. The van der Waals surface area contributed by atoms with Gasteiger partial charge in [-0.2, -0.15) is 5.10 Å². The number of ketones is 1. The fraction of sp³-hybridized carbons (Fsp3) is 0.500. The highest BCUT2D eigenvalue weighted by molar-refractivity contribution is 5.94. The van der Waals surface area contributed by atoms with E-state index in [1.54, 1.807) is 6.92 Å². The molecule has 3 rings (SSSR count). The van der Waals surface area contributed by atoms with Crippen LogP contribution >= 0.6 is 0 Å². The maximum Gasteiger partial charge on any atom is 0.177 e. The summed E-state index contributed by atoms with van der Waals surface area (Å²) in [5.74, 6) is 2.17. The molecule has 0 spiro atoms. The number of nitrogens with one attached hydrogen (secondary N) is 1. The molecule has 0 aliphatic heterocycles. The third-order valence-corrected chi connectivity index (χ3v) is 3.78. The molecule has 1 aromatic rings. The van der Waals surface area contributed by atoms with Crippen LogP contribution in [0.1, 0.15) is 41.0 Å². The van der Waals surface area contributed by atoms with Gasteiger partial charge in [-0.15, -0.1) is 6.58 Å². The van der Waals surface area contributed by atoms with Crippen molar-refractivity contribution in [1.82, 2.24) is 10.2 Å². The first-order valence-electron chi connectivity index (χ1n) is 5.43. The van der Waals surface area contributed by atoms with Gasteiger partial charge in [0.25, 0.3) is 0 Å². The maximum atomic E-state index is 11.3. The smallest absolute Gasteiger partial charge is 0.177 e. The third kappa shape index (κ3) is 1.06. The summed E-state index contributed by atoms with van der Waals surface area (Å²) in [6.45, 7) is 5.37. The fourth-order valence-corrected chi connectivity index (χ4v) is 3.03. The quantitative estimate of drug-likeness (QED) is 0.602. The van der Waals surface area contributed by atoms with E-state index in [2.05, 4.69) is 16.8 Å². The minimum atomic E-state index is 0.102. The maximum absolute atomic E-state index is 11.3. The first-order valence-corrected chi connectivity index (χ1v) is 5.43. The summed E-state index contributed by atoms with van der Waals surface area (Å²) >= 11 is 0. The van der Waals surface area contributed by atoms with Crippen molar-refractivity contribution in [1.29, 1.82) is 0 Å². The van der Waals surface area contributed by atoms with Gasteiger partial charge in [0.15, 0.2) is 5.78 Å². The monoisotopic (exact) mass is 202 g/mol. The Morgan fingerprint density at radius 1 is 1.73 bits per heavy atom. The van der Waals surface area contributed by atoms with Crippen molar-refractivity contribution in [3.8, 4) is 0 Å². The van der Waals surface area contributed by atoms with Gasteiger partial charge in [-0.1, -0.05) is 6.08 Å². The molecule has 1 aromatic heterocycles. The van der Waals surface area contributed by atoms with Crippen LogP contribution < -0.4 is 0 Å². The van der Waals surface area contributed by atoms with Gasteiger partial charge in [0.1, 0.15) is 5.69 Å². The van der Waals surface area contributed by atoms with E-state index in [0.717, 1.165) is 36.1 Å². The number of H-pyrrole nitrogens is 1. The normalized spacial score (nSPS) is 30.9. The van der Waals surface area contributed by atoms with Gasteiger partial charge in [0.05, 0.1) is 5.69 Å². The summed E-state index contributed by atoms with van der Waals surface area (Å²) in [4.78, 5) is 11.3. The topological polar surface area (TPSA) is 45.8 Å². The zero-order valence-electron chi connectivity index (χ0n) is 8.79. The van der Waals surface area contributed by atoms with Crippen LogP contribution in [-0.4, -0.2) is 16.0 Å². The first-order chi connectivity index (χ1) is 7.24. The molecule has 3 heteroatoms. The molecule has 2 aliphatic rings. The second-order valence-electron chi connectivity index (χ2n) is 4.60. The van der Waals surface area contributed by atoms with Crippen LogP contribution in [0, 0.1) is 11.8 Å². The largest absolute Gasteiger partial charge is 0.293 e. The molecule has 3 unspecified atom stereocenters. The summed E-state index contributed by atoms with van der Waals surface area (Å²) < 4.78 is 0. The summed E-state index contributed by atoms with van der Waals surface area (Å²) in [6.07, 6.45) is 4.10. The number of nitrogens with zero attached hydrogens (tertiary/aromatic N) is 1. The predicted molar refractivity (Wildman–Crippen MR) is 56.8 cm³/mol. The third-order valence-electron chi connectivity index (χ3n) is 3.78. The molecule has 2 aliphatic carbocycles. The van der Waals surface area contributed by atoms with Gasteiger partial charge in [-0.05, 0) is 24.7 Å². The van der Waals surface area contributed by atoms with Crippen molar-refractivity contribution in [3.05, 3.63) is 29.6 Å². The molecule has 1 fully saturated rings. The van der Waals surface area contributed by atoms with E-state index < -0.39 is 0 Å². The number of allylic oxidation sites excluding steroid dienone is 1. The lowest BCUT2D eigenvalue weighted by molar-refractivity contribution is 0.101. The highest BCUT2D eigenvalue weighted by atomic mass is 16.1. The Hall–Kier alpha value is -1.38. The van der Waals surface area contributed by atoms with Crippen LogP contribution in [0.3, 0.4) is 0 Å². The number of aromatic amines is 1.